The normalized spacial score (nSPS) is 26.5. The first kappa shape index (κ1) is 16.9. The van der Waals surface area contributed by atoms with Gasteiger partial charge in [-0.15, -0.1) is 0 Å². The molecule has 0 bridgehead atoms. The Hall–Kier alpha value is -1.44. The van der Waals surface area contributed by atoms with Gasteiger partial charge in [-0.1, -0.05) is 13.8 Å². The van der Waals surface area contributed by atoms with Crippen LogP contribution in [0.4, 0.5) is 5.69 Å². The third-order valence-electron chi connectivity index (χ3n) is 4.65. The Labute approximate surface area is 131 Å². The molecule has 0 aromatic carbocycles. The summed E-state index contributed by atoms with van der Waals surface area (Å²) in [7, 11) is 1.64. The molecule has 0 spiro atoms. The third kappa shape index (κ3) is 2.88. The second-order valence-corrected chi connectivity index (χ2v) is 6.28. The maximum atomic E-state index is 12.6. The Bertz CT molecular complexity index is 529. The van der Waals surface area contributed by atoms with Crippen LogP contribution in [-0.2, 0) is 20.8 Å². The predicted molar refractivity (Wildman–Crippen MR) is 83.5 cm³/mol. The summed E-state index contributed by atoms with van der Waals surface area (Å²) in [5, 5.41) is 7.03. The standard InChI is InChI=1S/C15H26N4O3/c1-5-22-12-8-15(16,14(12,2)3)13(20)18-11-9-17-19(10-11)6-7-21-4/h9-10,12H,5-8,16H2,1-4H3,(H,18,20). The molecule has 1 saturated carbocycles. The van der Waals surface area contributed by atoms with Crippen LogP contribution in [0.3, 0.4) is 0 Å². The van der Waals surface area contributed by atoms with E-state index in [-0.39, 0.29) is 12.0 Å². The van der Waals surface area contributed by atoms with E-state index >= 15 is 0 Å². The van der Waals surface area contributed by atoms with Crippen molar-refractivity contribution in [1.29, 1.82) is 0 Å². The Kier molecular flexibility index (Phi) is 4.89. The Morgan fingerprint density at radius 1 is 1.59 bits per heavy atom. The largest absolute Gasteiger partial charge is 0.383 e. The van der Waals surface area contributed by atoms with Crippen LogP contribution in [-0.4, -0.2) is 47.7 Å². The van der Waals surface area contributed by atoms with Crippen LogP contribution in [0.25, 0.3) is 0 Å². The van der Waals surface area contributed by atoms with Gasteiger partial charge in [-0.05, 0) is 6.92 Å². The fourth-order valence-electron chi connectivity index (χ4n) is 2.80. The van der Waals surface area contributed by atoms with E-state index in [9.17, 15) is 4.79 Å². The summed E-state index contributed by atoms with van der Waals surface area (Å²) in [6, 6.07) is 0. The van der Waals surface area contributed by atoms with Gasteiger partial charge < -0.3 is 20.5 Å². The second-order valence-electron chi connectivity index (χ2n) is 6.28. The number of nitrogens with one attached hydrogen (secondary N) is 1. The van der Waals surface area contributed by atoms with Crippen LogP contribution < -0.4 is 11.1 Å². The topological polar surface area (TPSA) is 91.4 Å². The average molecular weight is 310 g/mol. The smallest absolute Gasteiger partial charge is 0.245 e. The zero-order chi connectivity index (χ0) is 16.4. The molecule has 1 aromatic heterocycles. The fraction of sp³-hybridized carbons (Fsp3) is 0.733. The van der Waals surface area contributed by atoms with E-state index in [4.69, 9.17) is 15.2 Å². The molecular weight excluding hydrogens is 284 g/mol. The number of aromatic nitrogens is 2. The minimum Gasteiger partial charge on any atom is -0.383 e. The maximum absolute atomic E-state index is 12.6. The highest BCUT2D eigenvalue weighted by atomic mass is 16.5. The van der Waals surface area contributed by atoms with Gasteiger partial charge in [-0.3, -0.25) is 9.48 Å². The van der Waals surface area contributed by atoms with Gasteiger partial charge in [-0.2, -0.15) is 5.10 Å². The van der Waals surface area contributed by atoms with Crippen LogP contribution in [0.2, 0.25) is 0 Å². The van der Waals surface area contributed by atoms with E-state index < -0.39 is 11.0 Å². The molecule has 1 fully saturated rings. The van der Waals surface area contributed by atoms with Crippen LogP contribution in [0.15, 0.2) is 12.4 Å². The third-order valence-corrected chi connectivity index (χ3v) is 4.65. The number of carbonyl (C=O) groups excluding carboxylic acids is 1. The quantitative estimate of drug-likeness (QED) is 0.784. The zero-order valence-electron chi connectivity index (χ0n) is 13.8. The predicted octanol–water partition coefficient (Wildman–Crippen LogP) is 1.00. The first-order valence-electron chi connectivity index (χ1n) is 7.58. The maximum Gasteiger partial charge on any atom is 0.245 e. The van der Waals surface area contributed by atoms with E-state index in [1.165, 1.54) is 0 Å². The lowest BCUT2D eigenvalue weighted by molar-refractivity contribution is -0.166. The van der Waals surface area contributed by atoms with Crippen molar-refractivity contribution in [3.05, 3.63) is 12.4 Å². The van der Waals surface area contributed by atoms with Crippen LogP contribution >= 0.6 is 0 Å². The molecule has 1 aliphatic rings. The van der Waals surface area contributed by atoms with Gasteiger partial charge in [-0.25, -0.2) is 0 Å². The van der Waals surface area contributed by atoms with E-state index in [0.717, 1.165) is 0 Å². The van der Waals surface area contributed by atoms with Gasteiger partial charge in [0.05, 0.1) is 31.1 Å². The molecule has 1 amide bonds. The molecule has 2 rings (SSSR count). The lowest BCUT2D eigenvalue weighted by atomic mass is 9.54. The molecule has 1 heterocycles. The SMILES string of the molecule is CCOC1CC(N)(C(=O)Nc2cnn(CCOC)c2)C1(C)C. The minimum atomic E-state index is -0.929. The van der Waals surface area contributed by atoms with Gasteiger partial charge in [0, 0.05) is 31.7 Å². The van der Waals surface area contributed by atoms with Gasteiger partial charge >= 0.3 is 0 Å². The van der Waals surface area contributed by atoms with Crippen LogP contribution in [0.5, 0.6) is 0 Å². The summed E-state index contributed by atoms with van der Waals surface area (Å²) in [5.74, 6) is -0.195. The summed E-state index contributed by atoms with van der Waals surface area (Å²) in [6.45, 7) is 7.72. The molecule has 0 aliphatic heterocycles. The van der Waals surface area contributed by atoms with Gasteiger partial charge in [0.15, 0.2) is 0 Å². The van der Waals surface area contributed by atoms with Gasteiger partial charge in [0.25, 0.3) is 0 Å². The highest BCUT2D eigenvalue weighted by molar-refractivity contribution is 5.99. The number of nitrogens with zero attached hydrogens (tertiary/aromatic N) is 2. The van der Waals surface area contributed by atoms with Crippen molar-refractivity contribution in [1.82, 2.24) is 9.78 Å². The first-order valence-corrected chi connectivity index (χ1v) is 7.58. The number of hydrogen-bond acceptors (Lipinski definition) is 5. The van der Waals surface area contributed by atoms with Crippen molar-refractivity contribution >= 4 is 11.6 Å². The van der Waals surface area contributed by atoms with Crippen molar-refractivity contribution < 1.29 is 14.3 Å². The summed E-state index contributed by atoms with van der Waals surface area (Å²) in [6.07, 6.45) is 3.92. The number of methoxy groups -OCH3 is 1. The van der Waals surface area contributed by atoms with Crippen molar-refractivity contribution in [2.24, 2.45) is 11.1 Å². The van der Waals surface area contributed by atoms with Gasteiger partial charge in [0.1, 0.15) is 5.54 Å². The lowest BCUT2D eigenvalue weighted by Gasteiger charge is -2.57. The molecule has 0 saturated heterocycles. The van der Waals surface area contributed by atoms with Crippen molar-refractivity contribution in [3.63, 3.8) is 0 Å². The van der Waals surface area contributed by atoms with Crippen LogP contribution in [0.1, 0.15) is 27.2 Å². The molecule has 7 heteroatoms. The Morgan fingerprint density at radius 3 is 2.91 bits per heavy atom. The molecule has 3 N–H and O–H groups in total. The molecule has 1 aromatic rings. The summed E-state index contributed by atoms with van der Waals surface area (Å²) >= 11 is 0. The number of carbonyl (C=O) groups is 1. The van der Waals surface area contributed by atoms with E-state index in [2.05, 4.69) is 10.4 Å². The molecule has 7 nitrogen and oxygen atoms in total. The summed E-state index contributed by atoms with van der Waals surface area (Å²) < 4.78 is 12.4. The molecule has 1 aliphatic carbocycles. The summed E-state index contributed by atoms with van der Waals surface area (Å²) in [4.78, 5) is 12.6. The summed E-state index contributed by atoms with van der Waals surface area (Å²) in [5.41, 5.74) is 5.65. The molecule has 22 heavy (non-hydrogen) atoms. The molecular formula is C15H26N4O3. The average Bonchev–Trinajstić information content (AvgIpc) is 2.92. The highest BCUT2D eigenvalue weighted by Gasteiger charge is 2.62. The number of amides is 1. The second kappa shape index (κ2) is 6.36. The van der Waals surface area contributed by atoms with Crippen LogP contribution in [0, 0.1) is 5.41 Å². The number of rotatable bonds is 7. The highest BCUT2D eigenvalue weighted by Crippen LogP contribution is 2.50. The zero-order valence-corrected chi connectivity index (χ0v) is 13.8. The Morgan fingerprint density at radius 2 is 2.32 bits per heavy atom. The van der Waals surface area contributed by atoms with Crippen molar-refractivity contribution in [2.45, 2.75) is 45.4 Å². The molecule has 2 atom stereocenters. The monoisotopic (exact) mass is 310 g/mol. The molecule has 2 unspecified atom stereocenters. The van der Waals surface area contributed by atoms with Gasteiger partial charge in [0.2, 0.25) is 5.91 Å². The first-order chi connectivity index (χ1) is 10.3. The van der Waals surface area contributed by atoms with E-state index in [1.54, 1.807) is 24.2 Å². The van der Waals surface area contributed by atoms with Crippen molar-refractivity contribution in [3.8, 4) is 0 Å². The molecule has 0 radical (unpaired) electrons. The fourth-order valence-corrected chi connectivity index (χ4v) is 2.80. The lowest BCUT2D eigenvalue weighted by Crippen LogP contribution is -2.74. The minimum absolute atomic E-state index is 0.0117. The van der Waals surface area contributed by atoms with E-state index in [1.807, 2.05) is 20.8 Å². The van der Waals surface area contributed by atoms with Crippen molar-refractivity contribution in [2.75, 3.05) is 25.6 Å². The molecule has 124 valence electrons. The Balaban J connectivity index is 1.99. The number of hydrogen-bond donors (Lipinski definition) is 2. The number of ether oxygens (including phenoxy) is 2. The number of anilines is 1. The van der Waals surface area contributed by atoms with E-state index in [0.29, 0.717) is 31.9 Å². The number of nitrogens with two attached hydrogens (primary N) is 1.